The van der Waals surface area contributed by atoms with Crippen LogP contribution in [0.25, 0.3) is 0 Å². The van der Waals surface area contributed by atoms with Crippen molar-refractivity contribution in [2.75, 3.05) is 12.5 Å². The van der Waals surface area contributed by atoms with Gasteiger partial charge in [0.15, 0.2) is 11.5 Å². The van der Waals surface area contributed by atoms with Gasteiger partial charge in [-0.1, -0.05) is 24.3 Å². The maximum absolute atomic E-state index is 13.5. The highest BCUT2D eigenvalue weighted by Gasteiger charge is 2.38. The third kappa shape index (κ3) is 2.21. The van der Waals surface area contributed by atoms with E-state index in [1.54, 1.807) is 6.07 Å². The fourth-order valence-corrected chi connectivity index (χ4v) is 2.74. The van der Waals surface area contributed by atoms with Crippen LogP contribution in [0.1, 0.15) is 22.0 Å². The van der Waals surface area contributed by atoms with E-state index >= 15 is 0 Å². The van der Waals surface area contributed by atoms with Crippen LogP contribution in [0.15, 0.2) is 41.7 Å². The Bertz CT molecular complexity index is 743. The first-order chi connectivity index (χ1) is 10.5. The molecule has 3 N–H and O–H groups in total. The van der Waals surface area contributed by atoms with Gasteiger partial charge in [-0.3, -0.25) is 4.79 Å². The summed E-state index contributed by atoms with van der Waals surface area (Å²) in [4.78, 5) is 12.2. The number of benzene rings is 1. The monoisotopic (exact) mass is 322 g/mol. The molecule has 22 heavy (non-hydrogen) atoms. The zero-order valence-electron chi connectivity index (χ0n) is 11.4. The summed E-state index contributed by atoms with van der Waals surface area (Å²) in [6.45, 7) is 3.42. The Hall–Kier alpha value is -2.47. The molecule has 0 aliphatic carbocycles. The maximum Gasteiger partial charge on any atom is 0.256 e. The predicted octanol–water partition coefficient (Wildman–Crippen LogP) is 2.94. The molecule has 0 saturated heterocycles. The number of ether oxygens (including phenoxy) is 2. The molecule has 0 aromatic heterocycles. The topological polar surface area (TPSA) is 73.6 Å². The fourth-order valence-electron chi connectivity index (χ4n) is 2.47. The van der Waals surface area contributed by atoms with E-state index < -0.39 is 17.8 Å². The second-order valence-corrected chi connectivity index (χ2v) is 5.15. The summed E-state index contributed by atoms with van der Waals surface area (Å²) >= 11 is 6.14. The number of allylic oxidation sites excluding steroid dienone is 4. The van der Waals surface area contributed by atoms with Crippen LogP contribution in [0, 0.1) is 0 Å². The molecule has 3 rings (SSSR count). The molecule has 0 spiro atoms. The normalized spacial score (nSPS) is 19.9. The lowest BCUT2D eigenvalue weighted by Crippen LogP contribution is -2.19. The van der Waals surface area contributed by atoms with Crippen molar-refractivity contribution in [3.05, 3.63) is 52.9 Å². The van der Waals surface area contributed by atoms with Crippen LogP contribution >= 0.6 is 11.6 Å². The van der Waals surface area contributed by atoms with Gasteiger partial charge in [0.25, 0.3) is 5.91 Å². The second kappa shape index (κ2) is 5.38. The summed E-state index contributed by atoms with van der Waals surface area (Å²) in [6.07, 6.45) is 3.56. The van der Waals surface area contributed by atoms with Crippen LogP contribution in [0.5, 0.6) is 11.5 Å². The van der Waals surface area contributed by atoms with Gasteiger partial charge in [0.1, 0.15) is 5.83 Å². The number of amides is 1. The van der Waals surface area contributed by atoms with Gasteiger partial charge in [-0.05, 0) is 12.2 Å². The van der Waals surface area contributed by atoms with Crippen LogP contribution < -0.4 is 20.5 Å². The fraction of sp³-hybridized carbons (Fsp3) is 0.133. The summed E-state index contributed by atoms with van der Waals surface area (Å²) in [7, 11) is 0. The minimum Gasteiger partial charge on any atom is -0.453 e. The standard InChI is InChI=1S/C15H12ClFN2O3/c1-2-3-7(17)4-8(16)13-11-9(18)5-10-14(22-6-21-10)12(11)15(20)19-13/h2-5,13H,1,6,18H2,(H,19,20)/b7-3+,8-4-. The number of hydrogen-bond acceptors (Lipinski definition) is 4. The molecule has 1 amide bonds. The van der Waals surface area contributed by atoms with Gasteiger partial charge >= 0.3 is 0 Å². The van der Waals surface area contributed by atoms with Crippen molar-refractivity contribution in [1.82, 2.24) is 5.32 Å². The van der Waals surface area contributed by atoms with Crippen LogP contribution in [-0.4, -0.2) is 12.7 Å². The number of carbonyl (C=O) groups is 1. The van der Waals surface area contributed by atoms with Crippen molar-refractivity contribution in [3.63, 3.8) is 0 Å². The highest BCUT2D eigenvalue weighted by atomic mass is 35.5. The molecule has 2 aliphatic heterocycles. The molecule has 7 heteroatoms. The number of nitrogens with two attached hydrogens (primary N) is 1. The Balaban J connectivity index is 2.09. The number of fused-ring (bicyclic) bond motifs is 3. The lowest BCUT2D eigenvalue weighted by atomic mass is 10.00. The molecule has 0 bridgehead atoms. The highest BCUT2D eigenvalue weighted by molar-refractivity contribution is 6.31. The third-order valence-electron chi connectivity index (χ3n) is 3.36. The van der Waals surface area contributed by atoms with Gasteiger partial charge in [0, 0.05) is 22.3 Å². The zero-order valence-corrected chi connectivity index (χ0v) is 12.1. The first-order valence-electron chi connectivity index (χ1n) is 6.41. The van der Waals surface area contributed by atoms with Gasteiger partial charge < -0.3 is 20.5 Å². The van der Waals surface area contributed by atoms with Crippen molar-refractivity contribution < 1.29 is 18.7 Å². The molecule has 0 fully saturated rings. The molecule has 114 valence electrons. The third-order valence-corrected chi connectivity index (χ3v) is 3.68. The van der Waals surface area contributed by atoms with Gasteiger partial charge in [0.2, 0.25) is 6.79 Å². The van der Waals surface area contributed by atoms with Crippen molar-refractivity contribution >= 4 is 23.2 Å². The number of carbonyl (C=O) groups excluding carboxylic acids is 1. The van der Waals surface area contributed by atoms with Gasteiger partial charge in [-0.2, -0.15) is 0 Å². The summed E-state index contributed by atoms with van der Waals surface area (Å²) < 4.78 is 24.1. The van der Waals surface area contributed by atoms with Crippen molar-refractivity contribution in [1.29, 1.82) is 0 Å². The van der Waals surface area contributed by atoms with E-state index in [1.165, 1.54) is 6.08 Å². The lowest BCUT2D eigenvalue weighted by molar-refractivity contribution is 0.0957. The molecule has 1 atom stereocenters. The van der Waals surface area contributed by atoms with Gasteiger partial charge in [-0.25, -0.2) is 4.39 Å². The molecule has 0 radical (unpaired) electrons. The van der Waals surface area contributed by atoms with Crippen LogP contribution in [-0.2, 0) is 0 Å². The van der Waals surface area contributed by atoms with Crippen LogP contribution in [0.4, 0.5) is 10.1 Å². The first-order valence-corrected chi connectivity index (χ1v) is 6.79. The molecule has 1 aromatic rings. The van der Waals surface area contributed by atoms with E-state index in [4.69, 9.17) is 26.8 Å². The van der Waals surface area contributed by atoms with Crippen molar-refractivity contribution in [2.45, 2.75) is 6.04 Å². The van der Waals surface area contributed by atoms with E-state index in [1.807, 2.05) is 0 Å². The average Bonchev–Trinajstić information content (AvgIpc) is 3.03. The SMILES string of the molecule is C=C/C=C(F)\C=C(/Cl)C1NC(=O)c2c3c(cc(N)c21)OCO3. The number of rotatable bonds is 3. The molecule has 1 aromatic carbocycles. The molecule has 2 heterocycles. The molecule has 5 nitrogen and oxygen atoms in total. The smallest absolute Gasteiger partial charge is 0.256 e. The van der Waals surface area contributed by atoms with Crippen LogP contribution in [0.2, 0.25) is 0 Å². The number of nitrogens with one attached hydrogen (secondary N) is 1. The van der Waals surface area contributed by atoms with E-state index in [9.17, 15) is 9.18 Å². The van der Waals surface area contributed by atoms with E-state index in [0.717, 1.165) is 12.2 Å². The average molecular weight is 323 g/mol. The summed E-state index contributed by atoms with van der Waals surface area (Å²) in [5.41, 5.74) is 7.04. The lowest BCUT2D eigenvalue weighted by Gasteiger charge is -2.13. The molecular formula is C15H12ClFN2O3. The first kappa shape index (κ1) is 14.5. The minimum absolute atomic E-state index is 0.0173. The predicted molar refractivity (Wildman–Crippen MR) is 80.5 cm³/mol. The zero-order chi connectivity index (χ0) is 15.9. The van der Waals surface area contributed by atoms with Crippen molar-refractivity contribution in [2.24, 2.45) is 0 Å². The minimum atomic E-state index is -0.734. The summed E-state index contributed by atoms with van der Waals surface area (Å²) in [5.74, 6) is -0.239. The Labute approximate surface area is 130 Å². The Morgan fingerprint density at radius 1 is 1.55 bits per heavy atom. The molecule has 2 aliphatic rings. The van der Waals surface area contributed by atoms with Gasteiger partial charge in [-0.15, -0.1) is 0 Å². The molecule has 0 saturated carbocycles. The van der Waals surface area contributed by atoms with E-state index in [0.29, 0.717) is 22.7 Å². The molecular weight excluding hydrogens is 311 g/mol. The maximum atomic E-state index is 13.5. The Kier molecular flexibility index (Phi) is 3.54. The quantitative estimate of drug-likeness (QED) is 0.663. The van der Waals surface area contributed by atoms with Gasteiger partial charge in [0.05, 0.1) is 11.6 Å². The van der Waals surface area contributed by atoms with Crippen LogP contribution in [0.3, 0.4) is 0 Å². The Morgan fingerprint density at radius 2 is 2.32 bits per heavy atom. The summed E-state index contributed by atoms with van der Waals surface area (Å²) in [6, 6.07) is 0.830. The highest BCUT2D eigenvalue weighted by Crippen LogP contribution is 2.47. The number of halogens is 2. The van der Waals surface area contributed by atoms with E-state index in [2.05, 4.69) is 11.9 Å². The number of anilines is 1. The van der Waals surface area contributed by atoms with E-state index in [-0.39, 0.29) is 17.4 Å². The number of nitrogen functional groups attached to an aromatic ring is 1. The second-order valence-electron chi connectivity index (χ2n) is 4.71. The summed E-state index contributed by atoms with van der Waals surface area (Å²) in [5, 5.41) is 2.75. The number of hydrogen-bond donors (Lipinski definition) is 2. The molecule has 1 unspecified atom stereocenters. The van der Waals surface area contributed by atoms with Crippen molar-refractivity contribution in [3.8, 4) is 11.5 Å². The Morgan fingerprint density at radius 3 is 3.05 bits per heavy atom. The largest absolute Gasteiger partial charge is 0.453 e.